The van der Waals surface area contributed by atoms with Gasteiger partial charge in [0.2, 0.25) is 10.0 Å². The van der Waals surface area contributed by atoms with Gasteiger partial charge in [-0.05, 0) is 18.4 Å². The number of anilines is 1. The summed E-state index contributed by atoms with van der Waals surface area (Å²) < 4.78 is 25.9. The first-order chi connectivity index (χ1) is 9.10. The van der Waals surface area contributed by atoms with Gasteiger partial charge in [0.25, 0.3) is 0 Å². The van der Waals surface area contributed by atoms with Crippen LogP contribution in [0.15, 0.2) is 42.5 Å². The average Bonchev–Trinajstić information content (AvgIpc) is 2.39. The van der Waals surface area contributed by atoms with Crippen LogP contribution in [0.2, 0.25) is 0 Å². The number of halogens is 1. The third-order valence-electron chi connectivity index (χ3n) is 2.99. The number of rotatable bonds is 5. The van der Waals surface area contributed by atoms with Gasteiger partial charge in [0.15, 0.2) is 0 Å². The van der Waals surface area contributed by atoms with Gasteiger partial charge < -0.3 is 0 Å². The molecule has 19 heavy (non-hydrogen) atoms. The number of hydrogen-bond donors (Lipinski definition) is 0. The smallest absolute Gasteiger partial charge is 0.236 e. The zero-order valence-electron chi connectivity index (χ0n) is 10.7. The Kier molecular flexibility index (Phi) is 4.32. The molecule has 2 aromatic carbocycles. The normalized spacial score (nSPS) is 11.7. The van der Waals surface area contributed by atoms with E-state index >= 15 is 0 Å². The van der Waals surface area contributed by atoms with Crippen LogP contribution in [0.1, 0.15) is 6.92 Å². The molecule has 2 rings (SSSR count). The highest BCUT2D eigenvalue weighted by molar-refractivity contribution is 7.92. The second-order valence-electron chi connectivity index (χ2n) is 4.17. The molecule has 2 aromatic rings. The molecule has 0 spiro atoms. The summed E-state index contributed by atoms with van der Waals surface area (Å²) in [5.41, 5.74) is 0.714. The lowest BCUT2D eigenvalue weighted by Gasteiger charge is -2.24. The van der Waals surface area contributed by atoms with Crippen molar-refractivity contribution in [2.24, 2.45) is 0 Å². The highest BCUT2D eigenvalue weighted by Crippen LogP contribution is 2.28. The molecule has 0 fully saturated rings. The van der Waals surface area contributed by atoms with Crippen molar-refractivity contribution in [2.45, 2.75) is 6.92 Å². The van der Waals surface area contributed by atoms with Crippen molar-refractivity contribution in [2.75, 3.05) is 22.5 Å². The summed E-state index contributed by atoms with van der Waals surface area (Å²) in [6.07, 6.45) is 0. The fraction of sp³-hybridized carbons (Fsp3) is 0.286. The number of nitrogens with zero attached hydrogens (tertiary/aromatic N) is 1. The monoisotopic (exact) mass is 297 g/mol. The van der Waals surface area contributed by atoms with Gasteiger partial charge in [-0.3, -0.25) is 4.31 Å². The van der Waals surface area contributed by atoms with Crippen molar-refractivity contribution < 1.29 is 8.42 Å². The van der Waals surface area contributed by atoms with E-state index in [2.05, 4.69) is 0 Å². The van der Waals surface area contributed by atoms with Crippen LogP contribution in [0.3, 0.4) is 0 Å². The van der Waals surface area contributed by atoms with Crippen LogP contribution in [0, 0.1) is 0 Å². The molecule has 0 saturated carbocycles. The van der Waals surface area contributed by atoms with Crippen molar-refractivity contribution >= 4 is 38.1 Å². The Balaban J connectivity index is 2.59. The minimum Gasteiger partial charge on any atom is -0.270 e. The zero-order chi connectivity index (χ0) is 13.9. The Hall–Kier alpha value is -1.26. The number of benzene rings is 2. The Labute approximate surface area is 118 Å². The number of hydrogen-bond acceptors (Lipinski definition) is 2. The minimum atomic E-state index is -3.37. The lowest BCUT2D eigenvalue weighted by Crippen LogP contribution is -2.33. The molecule has 0 heterocycles. The first-order valence-corrected chi connectivity index (χ1v) is 8.28. The van der Waals surface area contributed by atoms with Gasteiger partial charge in [-0.15, -0.1) is 11.6 Å². The molecule has 3 nitrogen and oxygen atoms in total. The van der Waals surface area contributed by atoms with Gasteiger partial charge in [-0.2, -0.15) is 0 Å². The molecular formula is C14H16ClNO2S. The van der Waals surface area contributed by atoms with E-state index in [-0.39, 0.29) is 11.6 Å². The molecule has 0 saturated heterocycles. The Morgan fingerprint density at radius 1 is 1.11 bits per heavy atom. The van der Waals surface area contributed by atoms with Crippen LogP contribution in [0.4, 0.5) is 5.69 Å². The first-order valence-electron chi connectivity index (χ1n) is 6.14. The molecule has 0 radical (unpaired) electrons. The summed E-state index contributed by atoms with van der Waals surface area (Å²) >= 11 is 5.59. The van der Waals surface area contributed by atoms with E-state index in [4.69, 9.17) is 11.6 Å². The van der Waals surface area contributed by atoms with Gasteiger partial charge in [-0.1, -0.05) is 36.4 Å². The quantitative estimate of drug-likeness (QED) is 0.795. The summed E-state index contributed by atoms with van der Waals surface area (Å²) in [7, 11) is -3.37. The third kappa shape index (κ3) is 2.85. The summed E-state index contributed by atoms with van der Waals surface area (Å²) in [4.78, 5) is 0. The SMILES string of the molecule is CCN(c1cccc2ccccc12)S(=O)(=O)CCCl. The van der Waals surface area contributed by atoms with E-state index in [1.807, 2.05) is 49.4 Å². The van der Waals surface area contributed by atoms with Crippen LogP contribution >= 0.6 is 11.6 Å². The zero-order valence-corrected chi connectivity index (χ0v) is 12.3. The fourth-order valence-corrected chi connectivity index (χ4v) is 4.00. The minimum absolute atomic E-state index is 0.0500. The van der Waals surface area contributed by atoms with E-state index in [1.165, 1.54) is 4.31 Å². The number of fused-ring (bicyclic) bond motifs is 1. The average molecular weight is 298 g/mol. The van der Waals surface area contributed by atoms with Crippen molar-refractivity contribution in [1.82, 2.24) is 0 Å². The Bertz CT molecular complexity index is 665. The van der Waals surface area contributed by atoms with E-state index in [1.54, 1.807) is 0 Å². The molecule has 0 aliphatic rings. The van der Waals surface area contributed by atoms with E-state index in [0.717, 1.165) is 10.8 Å². The van der Waals surface area contributed by atoms with Crippen molar-refractivity contribution in [3.63, 3.8) is 0 Å². The first kappa shape index (κ1) is 14.2. The molecule has 0 aliphatic heterocycles. The highest BCUT2D eigenvalue weighted by Gasteiger charge is 2.21. The van der Waals surface area contributed by atoms with E-state index < -0.39 is 10.0 Å². The number of sulfonamides is 1. The largest absolute Gasteiger partial charge is 0.270 e. The summed E-state index contributed by atoms with van der Waals surface area (Å²) in [6.45, 7) is 2.22. The summed E-state index contributed by atoms with van der Waals surface area (Å²) in [6, 6.07) is 13.4. The van der Waals surface area contributed by atoms with Crippen molar-refractivity contribution in [3.05, 3.63) is 42.5 Å². The molecule has 0 atom stereocenters. The van der Waals surface area contributed by atoms with E-state index in [0.29, 0.717) is 12.2 Å². The fourth-order valence-electron chi connectivity index (χ4n) is 2.15. The molecule has 0 amide bonds. The lowest BCUT2D eigenvalue weighted by molar-refractivity contribution is 0.593. The molecular weight excluding hydrogens is 282 g/mol. The summed E-state index contributed by atoms with van der Waals surface area (Å²) in [5, 5.41) is 1.96. The second-order valence-corrected chi connectivity index (χ2v) is 6.56. The standard InChI is InChI=1S/C14H16ClNO2S/c1-2-16(19(17,18)11-10-15)14-9-5-7-12-6-3-4-8-13(12)14/h3-9H,2,10-11H2,1H3. The van der Waals surface area contributed by atoms with Crippen LogP contribution in [-0.2, 0) is 10.0 Å². The number of alkyl halides is 1. The molecule has 0 unspecified atom stereocenters. The third-order valence-corrected chi connectivity index (χ3v) is 5.25. The van der Waals surface area contributed by atoms with Crippen LogP contribution < -0.4 is 4.31 Å². The molecule has 0 aromatic heterocycles. The molecule has 0 aliphatic carbocycles. The van der Waals surface area contributed by atoms with Gasteiger partial charge in [0, 0.05) is 17.8 Å². The molecule has 0 bridgehead atoms. The predicted molar refractivity (Wildman–Crippen MR) is 81.5 cm³/mol. The maximum atomic E-state index is 12.2. The predicted octanol–water partition coefficient (Wildman–Crippen LogP) is 3.23. The second kappa shape index (κ2) is 5.80. The maximum Gasteiger partial charge on any atom is 0.236 e. The van der Waals surface area contributed by atoms with Gasteiger partial charge >= 0.3 is 0 Å². The summed E-state index contributed by atoms with van der Waals surface area (Å²) in [5.74, 6) is 0.0508. The lowest BCUT2D eigenvalue weighted by atomic mass is 10.1. The van der Waals surface area contributed by atoms with E-state index in [9.17, 15) is 8.42 Å². The van der Waals surface area contributed by atoms with Crippen molar-refractivity contribution in [3.8, 4) is 0 Å². The van der Waals surface area contributed by atoms with Gasteiger partial charge in [-0.25, -0.2) is 8.42 Å². The van der Waals surface area contributed by atoms with Crippen LogP contribution in [-0.4, -0.2) is 26.6 Å². The topological polar surface area (TPSA) is 37.4 Å². The Morgan fingerprint density at radius 3 is 2.47 bits per heavy atom. The van der Waals surface area contributed by atoms with Gasteiger partial charge in [0.05, 0.1) is 11.4 Å². The molecule has 5 heteroatoms. The molecule has 102 valence electrons. The maximum absolute atomic E-state index is 12.2. The van der Waals surface area contributed by atoms with Crippen LogP contribution in [0.25, 0.3) is 10.8 Å². The Morgan fingerprint density at radius 2 is 1.79 bits per heavy atom. The molecule has 0 N–H and O–H groups in total. The van der Waals surface area contributed by atoms with Crippen LogP contribution in [0.5, 0.6) is 0 Å². The van der Waals surface area contributed by atoms with Crippen molar-refractivity contribution in [1.29, 1.82) is 0 Å². The van der Waals surface area contributed by atoms with Gasteiger partial charge in [0.1, 0.15) is 0 Å². The highest BCUT2D eigenvalue weighted by atomic mass is 35.5.